The van der Waals surface area contributed by atoms with Gasteiger partial charge in [-0.05, 0) is 154 Å². The zero-order chi connectivity index (χ0) is 105. The number of carbonyl (C=O) groups excluding carboxylic acids is 6. The standard InChI is InChI=1S/C40H52N6O8S2.C33H46N6O6S.C7H7ClO2S.CH4.B15.B14/c1-26(2)46-32-19-13-18-31(43-55(50,51)25-28-15-10-8-11-16-28)34(32)41-38(46)54-30-22-33-35(47)42-40(37(49)44-56(52,53)39(4)20-21-39)23-29(40)17-12-7-5-6-9-14-27(3)36(48)45(33)24-30;1-20(2)39-25-14-10-13-24(34)27(25)35-31(39)45-23-17-26-28(40)36-33(30(42)37-46(43,44)32(4)15-16-32)18-22(33)12-9-7-5-6-8-11-21(3)29(41)38(26)19-23;8-11(9,10)6-7-4-2-1-3-5-7;;1-9-13(8)15(12(6)7)14(10(2)3)11(4)5;1-9(2)13(10(3)4)14(11(5)6)12(7)8/h8,10-13,15-19,26-27,29-30,33,43H,5-7,9,14,20-25H2,1-4H3,(H,42,47)(H,44,49);9-10,12-14,20-23,26H,5-8,11,15-19,34H2,1-4H3,(H,36,40)(H,37,42);1-5H,6H2;1H4;;/b17-12-;12-9-;;;;/t27-,29+,30+,33-,40+;21-,22+,23+,26-,33+;;;;/m00..../s1. The van der Waals surface area contributed by atoms with Gasteiger partial charge in [-0.25, -0.2) is 33.7 Å². The van der Waals surface area contributed by atoms with E-state index in [0.717, 1.165) is 56.9 Å². The Labute approximate surface area is 878 Å². The highest BCUT2D eigenvalue weighted by Crippen LogP contribution is 2.50. The molecule has 7 N–H and O–H groups in total. The third-order valence-corrected chi connectivity index (χ3v) is 34.4. The topological polar surface area (TPSA) is 386 Å². The molecule has 0 unspecified atom stereocenters. The number of nitrogens with zero attached hydrogens (tertiary/aromatic N) is 6. The van der Waals surface area contributed by atoms with Crippen LogP contribution in [0.5, 0.6) is 12.0 Å². The lowest BCUT2D eigenvalue weighted by molar-refractivity contribution is -0.142. The molecule has 2 saturated heterocycles. The summed E-state index contributed by atoms with van der Waals surface area (Å²) in [4.78, 5) is 96.4. The van der Waals surface area contributed by atoms with E-state index >= 15 is 0 Å². The molecule has 14 rings (SSSR count). The molecule has 28 nitrogen and oxygen atoms in total. The van der Waals surface area contributed by atoms with Crippen LogP contribution in [0.4, 0.5) is 11.4 Å². The van der Waals surface area contributed by atoms with E-state index in [-0.39, 0.29) is 105 Å². The lowest BCUT2D eigenvalue weighted by atomic mass is 8.46. The van der Waals surface area contributed by atoms with E-state index in [1.54, 1.807) is 85.5 Å². The molecule has 707 valence electrons. The number of hydrogen-bond acceptors (Lipinski definition) is 19. The maximum Gasteiger partial charge on any atom is 0.298 e. The highest BCUT2D eigenvalue weighted by Gasteiger charge is 2.65. The van der Waals surface area contributed by atoms with Gasteiger partial charge in [0.05, 0.1) is 56.5 Å². The Morgan fingerprint density at radius 2 is 0.881 bits per heavy atom. The van der Waals surface area contributed by atoms with Crippen molar-refractivity contribution >= 4 is 326 Å². The van der Waals surface area contributed by atoms with Gasteiger partial charge in [0, 0.05) is 267 Å². The second kappa shape index (κ2) is 50.7. The Kier molecular flexibility index (Phi) is 42.5. The number of nitrogens with one attached hydrogen (secondary N) is 5. The lowest BCUT2D eigenvalue weighted by Crippen LogP contribution is -2.73. The van der Waals surface area contributed by atoms with Crippen LogP contribution in [0, 0.1) is 23.7 Å². The van der Waals surface area contributed by atoms with Gasteiger partial charge in [-0.1, -0.05) is 144 Å². The number of anilines is 2. The number of sulfonamides is 3. The van der Waals surface area contributed by atoms with Crippen LogP contribution in [0.2, 0.25) is 0 Å². The Morgan fingerprint density at radius 3 is 1.24 bits per heavy atom. The van der Waals surface area contributed by atoms with Gasteiger partial charge in [-0.15, -0.1) is 0 Å². The summed E-state index contributed by atoms with van der Waals surface area (Å²) >= 11 is 0. The summed E-state index contributed by atoms with van der Waals surface area (Å²) in [5.74, 6) is -4.64. The number of para-hydroxylation sites is 2. The molecular formula is C81H109B29ClN12O16S4. The molecule has 4 aromatic carbocycles. The Bertz CT molecular complexity index is 5910. The molecule has 6 heterocycles. The minimum atomic E-state index is -3.96. The predicted molar refractivity (Wildman–Crippen MR) is 605 cm³/mol. The van der Waals surface area contributed by atoms with Gasteiger partial charge in [-0.2, -0.15) is 9.97 Å². The Hall–Kier alpha value is -6.71. The first-order chi connectivity index (χ1) is 66.5. The number of imidazole rings is 2. The highest BCUT2D eigenvalue weighted by molar-refractivity contribution is 8.13. The van der Waals surface area contributed by atoms with Gasteiger partial charge in [0.1, 0.15) is 46.4 Å². The van der Waals surface area contributed by atoms with Gasteiger partial charge in [0.15, 0.2) is 0 Å². The van der Waals surface area contributed by atoms with Crippen LogP contribution >= 0.6 is 10.7 Å². The molecule has 2 aromatic heterocycles. The van der Waals surface area contributed by atoms with Crippen LogP contribution in [0.25, 0.3) is 22.1 Å². The molecular weight excluding hydrogens is 1870 g/mol. The Balaban J connectivity index is 0.000000231. The van der Waals surface area contributed by atoms with Crippen LogP contribution in [0.3, 0.4) is 0 Å². The van der Waals surface area contributed by atoms with E-state index in [2.05, 4.69) is 24.8 Å². The van der Waals surface area contributed by atoms with Crippen LogP contribution < -0.4 is 40.0 Å². The molecule has 8 aliphatic rings. The number of hydrogen-bond donors (Lipinski definition) is 6. The molecule has 6 fully saturated rings. The maximum atomic E-state index is 14.3. The number of nitrogens with two attached hydrogens (primary N) is 1. The summed E-state index contributed by atoms with van der Waals surface area (Å²) in [6.45, 7) is 15.1. The zero-order valence-corrected chi connectivity index (χ0v) is 85.9. The normalized spacial score (nSPS) is 23.2. The lowest BCUT2D eigenvalue weighted by Gasteiger charge is -2.35. The predicted octanol–water partition coefficient (Wildman–Crippen LogP) is -0.137. The third-order valence-electron chi connectivity index (χ3n) is 27.8. The minimum absolute atomic E-state index is 0. The van der Waals surface area contributed by atoms with E-state index in [9.17, 15) is 62.4 Å². The number of halogens is 1. The van der Waals surface area contributed by atoms with E-state index in [0.29, 0.717) is 83.6 Å². The van der Waals surface area contributed by atoms with Crippen molar-refractivity contribution in [2.45, 2.75) is 247 Å². The SMILES string of the molecule is C.CC(C)n1c(O[C@@H]2C[C@H]3C(=O)N[C@]4(C(=O)NS(=O)(=O)C5(C)CC5)C[C@H]4/C=C\CCCCC[C@H](C)C(=O)N3C2)nc2c(N)cccc21.CC(C)n1c(O[C@@H]2C[C@H]3C(=O)N[C@]4(C(=O)NS(=O)(=O)C5(C)CC5)C[C@H]4/C=C\CCCCC[C@H](C)C(=O)N3C2)nc2c(NS(=O)(=O)Cc3ccccc3)cccc21.O=S(=O)(Cl)Cc1ccccc1.[B]B([B])B(B([B])[B])B(B([B])[B])B([B])[B].[B][B]B([B])B(B([B])[B])B(B([B])[B])B([B])[B]. The molecule has 4 aliphatic carbocycles. The van der Waals surface area contributed by atoms with Gasteiger partial charge in [0.25, 0.3) is 23.8 Å². The van der Waals surface area contributed by atoms with Crippen LogP contribution in [-0.4, -0.2) is 363 Å². The first-order valence-corrected chi connectivity index (χ1v) is 55.3. The summed E-state index contributed by atoms with van der Waals surface area (Å²) in [6.07, 6.45) is 9.77. The van der Waals surface area contributed by atoms with E-state index in [1.807, 2.05) is 105 Å². The van der Waals surface area contributed by atoms with Crippen molar-refractivity contribution in [2.24, 2.45) is 23.7 Å². The fourth-order valence-electron chi connectivity index (χ4n) is 18.7. The molecule has 6 amide bonds. The number of allylic oxidation sites excluding steroid dienone is 2. The number of benzene rings is 4. The number of nitrogen functional groups attached to an aromatic ring is 1. The quantitative estimate of drug-likeness (QED) is 0.0154. The summed E-state index contributed by atoms with van der Waals surface area (Å²) in [6, 6.07) is 27.0. The fraction of sp³-hybridized carbons (Fsp3) is 0.556. The first kappa shape index (κ1) is 120. The first-order valence-electron chi connectivity index (χ1n) is 48.2. The van der Waals surface area contributed by atoms with Gasteiger partial charge in [0.2, 0.25) is 62.7 Å². The van der Waals surface area contributed by atoms with Crippen LogP contribution in [0.1, 0.15) is 202 Å². The minimum Gasteiger partial charge on any atom is -0.459 e. The number of carbonyl (C=O) groups is 6. The second-order valence-corrected chi connectivity index (χ2v) is 48.8. The molecule has 0 bridgehead atoms. The number of rotatable bonds is 29. The van der Waals surface area contributed by atoms with Crippen molar-refractivity contribution in [2.75, 3.05) is 23.5 Å². The summed E-state index contributed by atoms with van der Waals surface area (Å²) in [5, 5.41) is 5.85. The maximum absolute atomic E-state index is 14.3. The average molecular weight is 1980 g/mol. The molecule has 0 spiro atoms. The van der Waals surface area contributed by atoms with Gasteiger partial charge >= 0.3 is 0 Å². The average Bonchev–Trinajstić information content (AvgIpc) is 1.57. The zero-order valence-electron chi connectivity index (χ0n) is 81.9. The van der Waals surface area contributed by atoms with Gasteiger partial charge in [-0.3, -0.25) is 52.1 Å². The van der Waals surface area contributed by atoms with Gasteiger partial charge < -0.3 is 35.6 Å². The summed E-state index contributed by atoms with van der Waals surface area (Å²) in [7, 11) is 79.8. The summed E-state index contributed by atoms with van der Waals surface area (Å²) < 4.78 is 122. The summed E-state index contributed by atoms with van der Waals surface area (Å²) in [5.41, 5.74) is 7.99. The highest BCUT2D eigenvalue weighted by atomic mass is 35.7. The second-order valence-electron chi connectivity index (χ2n) is 40.0. The number of ether oxygens (including phenoxy) is 2. The van der Waals surface area contributed by atoms with Crippen LogP contribution in [-0.2, 0) is 79.4 Å². The van der Waals surface area contributed by atoms with Crippen molar-refractivity contribution in [3.63, 3.8) is 0 Å². The molecule has 10 atom stereocenters. The van der Waals surface area contributed by atoms with Crippen molar-refractivity contribution in [3.8, 4) is 12.0 Å². The van der Waals surface area contributed by atoms with E-state index in [1.165, 1.54) is 12.0 Å². The number of aromatic nitrogens is 4. The Morgan fingerprint density at radius 1 is 0.517 bits per heavy atom. The van der Waals surface area contributed by atoms with Crippen molar-refractivity contribution in [3.05, 3.63) is 132 Å². The van der Waals surface area contributed by atoms with Crippen LogP contribution in [0.15, 0.2) is 121 Å². The van der Waals surface area contributed by atoms with Crippen molar-refractivity contribution in [1.29, 1.82) is 0 Å². The van der Waals surface area contributed by atoms with Crippen molar-refractivity contribution < 1.29 is 71.9 Å². The van der Waals surface area contributed by atoms with E-state index in [4.69, 9.17) is 160 Å². The number of amides is 6. The molecule has 6 aromatic rings. The fourth-order valence-corrected chi connectivity index (χ4v) is 23.5. The molecule has 4 aliphatic heterocycles. The number of fused-ring (bicyclic) bond motifs is 6. The van der Waals surface area contributed by atoms with E-state index < -0.39 is 190 Å². The monoisotopic (exact) mass is 1990 g/mol. The molecule has 33 radical (unpaired) electrons. The molecule has 143 heavy (non-hydrogen) atoms. The molecule has 4 saturated carbocycles. The van der Waals surface area contributed by atoms with Crippen molar-refractivity contribution in [1.82, 2.24) is 49.0 Å². The molecule has 62 heteroatoms. The third kappa shape index (κ3) is 30.6. The largest absolute Gasteiger partial charge is 0.459 e. The smallest absolute Gasteiger partial charge is 0.298 e.